The molecule has 2 aromatic rings. The molecule has 0 bridgehead atoms. The van der Waals surface area contributed by atoms with Crippen LogP contribution in [0.4, 0.5) is 14.5 Å². The fourth-order valence-corrected chi connectivity index (χ4v) is 2.61. The van der Waals surface area contributed by atoms with Gasteiger partial charge in [-0.25, -0.2) is 8.78 Å². The van der Waals surface area contributed by atoms with E-state index in [-0.39, 0.29) is 34.5 Å². The third-order valence-corrected chi connectivity index (χ3v) is 3.79. The van der Waals surface area contributed by atoms with E-state index in [1.54, 1.807) is 0 Å². The normalized spacial score (nSPS) is 11.7. The van der Waals surface area contributed by atoms with Crippen molar-refractivity contribution in [2.45, 2.75) is 6.10 Å². The van der Waals surface area contributed by atoms with Crippen molar-refractivity contribution in [2.24, 2.45) is 0 Å². The Labute approximate surface area is 161 Å². The van der Waals surface area contributed by atoms with Crippen molar-refractivity contribution in [3.05, 3.63) is 67.7 Å². The van der Waals surface area contributed by atoms with Gasteiger partial charge in [-0.2, -0.15) is 0 Å². The first kappa shape index (κ1) is 20.8. The average Bonchev–Trinajstić information content (AvgIpc) is 2.59. The molecule has 2 rings (SSSR count). The highest BCUT2D eigenvalue weighted by Gasteiger charge is 2.25. The Balaban J connectivity index is 1.97. The third kappa shape index (κ3) is 5.49. The van der Waals surface area contributed by atoms with Crippen LogP contribution in [0.25, 0.3) is 0 Å². The lowest BCUT2D eigenvalue weighted by Gasteiger charge is -2.14. The average molecular weight is 421 g/mol. The Morgan fingerprint density at radius 3 is 2.59 bits per heavy atom. The molecule has 1 amide bonds. The lowest BCUT2D eigenvalue weighted by Crippen LogP contribution is -2.35. The van der Waals surface area contributed by atoms with Gasteiger partial charge in [-0.3, -0.25) is 14.9 Å². The van der Waals surface area contributed by atoms with Crippen molar-refractivity contribution in [3.63, 3.8) is 0 Å². The molecule has 0 aromatic heterocycles. The molecular weight excluding hydrogens is 409 g/mol. The van der Waals surface area contributed by atoms with E-state index in [4.69, 9.17) is 27.9 Å². The SMILES string of the molecule is O=C(NC[C@H](O)COc1ccc(F)c(F)c1)c1cc(Cl)cc(Cl)c1[N+](=O)[O-]. The summed E-state index contributed by atoms with van der Waals surface area (Å²) in [5.41, 5.74) is -0.989. The van der Waals surface area contributed by atoms with Gasteiger partial charge in [0.15, 0.2) is 11.6 Å². The monoisotopic (exact) mass is 420 g/mol. The number of nitrogens with one attached hydrogen (secondary N) is 1. The molecule has 7 nitrogen and oxygen atoms in total. The number of nitrogens with zero attached hydrogens (tertiary/aromatic N) is 1. The number of rotatable bonds is 7. The first-order valence-electron chi connectivity index (χ1n) is 7.36. The van der Waals surface area contributed by atoms with Crippen molar-refractivity contribution in [1.29, 1.82) is 0 Å². The van der Waals surface area contributed by atoms with E-state index in [0.29, 0.717) is 0 Å². The molecule has 27 heavy (non-hydrogen) atoms. The fourth-order valence-electron chi connectivity index (χ4n) is 2.05. The molecule has 0 saturated carbocycles. The Bertz CT molecular complexity index is 882. The summed E-state index contributed by atoms with van der Waals surface area (Å²) in [5, 5.41) is 22.9. The number of hydrogen-bond acceptors (Lipinski definition) is 5. The summed E-state index contributed by atoms with van der Waals surface area (Å²) in [7, 11) is 0. The molecule has 2 N–H and O–H groups in total. The van der Waals surface area contributed by atoms with E-state index < -0.39 is 34.3 Å². The van der Waals surface area contributed by atoms with E-state index in [1.165, 1.54) is 6.07 Å². The van der Waals surface area contributed by atoms with Gasteiger partial charge >= 0.3 is 5.69 Å². The number of carbonyl (C=O) groups is 1. The van der Waals surface area contributed by atoms with Crippen LogP contribution in [0, 0.1) is 21.7 Å². The number of carbonyl (C=O) groups excluding carboxylic acids is 1. The lowest BCUT2D eigenvalue weighted by atomic mass is 10.1. The number of amides is 1. The van der Waals surface area contributed by atoms with Gasteiger partial charge in [-0.05, 0) is 24.3 Å². The second-order valence-corrected chi connectivity index (χ2v) is 6.14. The third-order valence-electron chi connectivity index (χ3n) is 3.29. The van der Waals surface area contributed by atoms with Gasteiger partial charge < -0.3 is 15.2 Å². The zero-order valence-corrected chi connectivity index (χ0v) is 14.9. The topological polar surface area (TPSA) is 102 Å². The predicted octanol–water partition coefficient (Wildman–Crippen LogP) is 3.35. The van der Waals surface area contributed by atoms with Crippen molar-refractivity contribution in [2.75, 3.05) is 13.2 Å². The van der Waals surface area contributed by atoms with Crippen molar-refractivity contribution in [3.8, 4) is 5.75 Å². The van der Waals surface area contributed by atoms with Gasteiger partial charge in [0, 0.05) is 17.6 Å². The zero-order valence-electron chi connectivity index (χ0n) is 13.4. The van der Waals surface area contributed by atoms with Gasteiger partial charge in [-0.1, -0.05) is 23.2 Å². The second-order valence-electron chi connectivity index (χ2n) is 5.29. The number of aliphatic hydroxyl groups is 1. The van der Waals surface area contributed by atoms with Crippen LogP contribution in [0.1, 0.15) is 10.4 Å². The first-order chi connectivity index (χ1) is 12.7. The summed E-state index contributed by atoms with van der Waals surface area (Å²) >= 11 is 11.5. The molecule has 0 unspecified atom stereocenters. The second kappa shape index (κ2) is 8.94. The summed E-state index contributed by atoms with van der Waals surface area (Å²) in [5.74, 6) is -3.05. The van der Waals surface area contributed by atoms with Crippen LogP contribution >= 0.6 is 23.2 Å². The van der Waals surface area contributed by atoms with Crippen LogP contribution < -0.4 is 10.1 Å². The number of benzene rings is 2. The maximum absolute atomic E-state index is 13.1. The molecular formula is C16H12Cl2F2N2O5. The van der Waals surface area contributed by atoms with Crippen LogP contribution in [-0.4, -0.2) is 35.2 Å². The number of ether oxygens (including phenoxy) is 1. The van der Waals surface area contributed by atoms with Gasteiger partial charge in [0.2, 0.25) is 0 Å². The Kier molecular flexibility index (Phi) is 6.89. The number of hydrogen-bond donors (Lipinski definition) is 2. The van der Waals surface area contributed by atoms with Crippen molar-refractivity contribution in [1.82, 2.24) is 5.32 Å². The largest absolute Gasteiger partial charge is 0.491 e. The molecule has 0 fully saturated rings. The van der Waals surface area contributed by atoms with Crippen LogP contribution in [0.2, 0.25) is 10.0 Å². The van der Waals surface area contributed by atoms with Crippen LogP contribution in [-0.2, 0) is 0 Å². The molecule has 0 spiro atoms. The molecule has 0 aliphatic heterocycles. The minimum atomic E-state index is -1.23. The molecule has 1 atom stereocenters. The number of nitro benzene ring substituents is 1. The summed E-state index contributed by atoms with van der Waals surface area (Å²) in [6, 6.07) is 5.04. The highest BCUT2D eigenvalue weighted by Crippen LogP contribution is 2.31. The Morgan fingerprint density at radius 2 is 1.96 bits per heavy atom. The van der Waals surface area contributed by atoms with E-state index in [0.717, 1.165) is 24.3 Å². The molecule has 144 valence electrons. The van der Waals surface area contributed by atoms with E-state index in [9.17, 15) is 28.8 Å². The minimum absolute atomic E-state index is 0.0171. The molecule has 11 heteroatoms. The highest BCUT2D eigenvalue weighted by atomic mass is 35.5. The maximum Gasteiger partial charge on any atom is 0.300 e. The molecule has 0 saturated heterocycles. The van der Waals surface area contributed by atoms with Crippen LogP contribution in [0.15, 0.2) is 30.3 Å². The Hall–Kier alpha value is -2.49. The maximum atomic E-state index is 13.1. The van der Waals surface area contributed by atoms with Crippen molar-refractivity contribution < 1.29 is 28.3 Å². The lowest BCUT2D eigenvalue weighted by molar-refractivity contribution is -0.385. The van der Waals surface area contributed by atoms with Gasteiger partial charge in [0.05, 0.1) is 4.92 Å². The van der Waals surface area contributed by atoms with E-state index in [2.05, 4.69) is 5.32 Å². The zero-order chi connectivity index (χ0) is 20.1. The Morgan fingerprint density at radius 1 is 1.26 bits per heavy atom. The smallest absolute Gasteiger partial charge is 0.300 e. The molecule has 2 aromatic carbocycles. The van der Waals surface area contributed by atoms with Crippen molar-refractivity contribution >= 4 is 34.8 Å². The predicted molar refractivity (Wildman–Crippen MR) is 93.3 cm³/mol. The summed E-state index contributed by atoms with van der Waals surface area (Å²) < 4.78 is 31.0. The van der Waals surface area contributed by atoms with E-state index in [1.807, 2.05) is 0 Å². The number of nitro groups is 1. The summed E-state index contributed by atoms with van der Waals surface area (Å²) in [6.45, 7) is -0.673. The standard InChI is InChI=1S/C16H12Cl2F2N2O5/c17-8-3-11(15(22(25)26)12(18)4-8)16(24)21-6-9(23)7-27-10-1-2-13(19)14(20)5-10/h1-5,9,23H,6-7H2,(H,21,24)/t9-/m0/s1. The van der Waals surface area contributed by atoms with Gasteiger partial charge in [-0.15, -0.1) is 0 Å². The first-order valence-corrected chi connectivity index (χ1v) is 8.12. The molecule has 0 heterocycles. The fraction of sp³-hybridized carbons (Fsp3) is 0.188. The summed E-state index contributed by atoms with van der Waals surface area (Å²) in [4.78, 5) is 22.4. The van der Waals surface area contributed by atoms with Crippen LogP contribution in [0.3, 0.4) is 0 Å². The molecule has 0 aliphatic carbocycles. The summed E-state index contributed by atoms with van der Waals surface area (Å²) in [6.07, 6.45) is -1.23. The van der Waals surface area contributed by atoms with Crippen LogP contribution in [0.5, 0.6) is 5.75 Å². The van der Waals surface area contributed by atoms with Gasteiger partial charge in [0.1, 0.15) is 29.0 Å². The van der Waals surface area contributed by atoms with Gasteiger partial charge in [0.25, 0.3) is 5.91 Å². The van der Waals surface area contributed by atoms with E-state index >= 15 is 0 Å². The molecule has 0 radical (unpaired) electrons. The number of halogens is 4. The highest BCUT2D eigenvalue weighted by molar-refractivity contribution is 6.37. The quantitative estimate of drug-likeness (QED) is 0.528. The number of aliphatic hydroxyl groups excluding tert-OH is 1. The molecule has 0 aliphatic rings. The minimum Gasteiger partial charge on any atom is -0.491 e.